The molecule has 1 aromatic carbocycles. The minimum Gasteiger partial charge on any atom is -0.338 e. The summed E-state index contributed by atoms with van der Waals surface area (Å²) in [6.45, 7) is 1.53. The van der Waals surface area contributed by atoms with E-state index < -0.39 is 23.4 Å². The van der Waals surface area contributed by atoms with Crippen molar-refractivity contribution < 1.29 is 23.2 Å². The van der Waals surface area contributed by atoms with Gasteiger partial charge in [-0.2, -0.15) is 0 Å². The Morgan fingerprint density at radius 2 is 1.61 bits per heavy atom. The van der Waals surface area contributed by atoms with Gasteiger partial charge in [0.15, 0.2) is 11.6 Å². The van der Waals surface area contributed by atoms with Crippen molar-refractivity contribution in [3.8, 4) is 0 Å². The minimum atomic E-state index is -1.13. The molecule has 0 atom stereocenters. The molecule has 7 nitrogen and oxygen atoms in total. The Balaban J connectivity index is 1.75. The molecule has 0 heterocycles. The molecule has 0 saturated heterocycles. The van der Waals surface area contributed by atoms with Crippen molar-refractivity contribution in [3.63, 3.8) is 0 Å². The first-order valence-electron chi connectivity index (χ1n) is 9.46. The molecule has 0 spiro atoms. The molecule has 1 aromatic rings. The maximum atomic E-state index is 13.4. The average molecular weight is 396 g/mol. The van der Waals surface area contributed by atoms with E-state index in [0.717, 1.165) is 37.8 Å². The van der Waals surface area contributed by atoms with E-state index >= 15 is 0 Å². The predicted molar refractivity (Wildman–Crippen MR) is 102 cm³/mol. The lowest BCUT2D eigenvalue weighted by Gasteiger charge is -2.22. The van der Waals surface area contributed by atoms with E-state index in [1.807, 2.05) is 0 Å². The van der Waals surface area contributed by atoms with Gasteiger partial charge in [-0.3, -0.25) is 9.59 Å². The van der Waals surface area contributed by atoms with E-state index in [2.05, 4.69) is 21.3 Å². The van der Waals surface area contributed by atoms with E-state index in [1.54, 1.807) is 0 Å². The molecule has 0 aromatic heterocycles. The maximum absolute atomic E-state index is 13.4. The molecule has 2 rings (SSSR count). The van der Waals surface area contributed by atoms with Gasteiger partial charge >= 0.3 is 6.03 Å². The monoisotopic (exact) mass is 396 g/mol. The molecule has 4 amide bonds. The number of rotatable bonds is 7. The summed E-state index contributed by atoms with van der Waals surface area (Å²) in [6.07, 6.45) is 5.87. The largest absolute Gasteiger partial charge is 0.338 e. The molecular formula is C19H26F2N4O3. The normalized spacial score (nSPS) is 14.2. The average Bonchev–Trinajstić information content (AvgIpc) is 2.63. The fourth-order valence-corrected chi connectivity index (χ4v) is 3.09. The standard InChI is InChI=1S/C19H26F2N4O3/c1-12(26)23-16-10-14(20)15(21)11-17(16)25-18(27)8-5-9-22-19(28)24-13-6-3-2-4-7-13/h10-11,13H,2-9H2,1H3,(H,23,26)(H,25,27)(H2,22,24,28). The van der Waals surface area contributed by atoms with Crippen LogP contribution in [-0.2, 0) is 9.59 Å². The van der Waals surface area contributed by atoms with Crippen molar-refractivity contribution in [2.24, 2.45) is 0 Å². The summed E-state index contributed by atoms with van der Waals surface area (Å²) in [5.41, 5.74) is -0.0492. The Kier molecular flexibility index (Phi) is 8.16. The van der Waals surface area contributed by atoms with Crippen LogP contribution in [0.2, 0.25) is 0 Å². The van der Waals surface area contributed by atoms with Crippen LogP contribution < -0.4 is 21.3 Å². The van der Waals surface area contributed by atoms with Gasteiger partial charge in [-0.05, 0) is 19.3 Å². The lowest BCUT2D eigenvalue weighted by Crippen LogP contribution is -2.43. The Morgan fingerprint density at radius 1 is 1.00 bits per heavy atom. The third-order valence-electron chi connectivity index (χ3n) is 4.45. The Bertz CT molecular complexity index is 721. The number of nitrogens with one attached hydrogen (secondary N) is 4. The quantitative estimate of drug-likeness (QED) is 0.532. The molecule has 1 saturated carbocycles. The summed E-state index contributed by atoms with van der Waals surface area (Å²) in [5, 5.41) is 10.4. The third kappa shape index (κ3) is 7.13. The first-order valence-corrected chi connectivity index (χ1v) is 9.46. The molecule has 0 unspecified atom stereocenters. The minimum absolute atomic E-state index is 0.0234. The first kappa shape index (κ1) is 21.6. The topological polar surface area (TPSA) is 99.3 Å². The van der Waals surface area contributed by atoms with Crippen LogP contribution >= 0.6 is 0 Å². The summed E-state index contributed by atoms with van der Waals surface area (Å²) in [5.74, 6) is -3.18. The molecule has 28 heavy (non-hydrogen) atoms. The predicted octanol–water partition coefficient (Wildman–Crippen LogP) is 3.27. The van der Waals surface area contributed by atoms with Crippen molar-refractivity contribution in [2.45, 2.75) is 57.9 Å². The molecule has 1 aliphatic rings. The lowest BCUT2D eigenvalue weighted by molar-refractivity contribution is -0.116. The van der Waals surface area contributed by atoms with E-state index in [0.29, 0.717) is 13.0 Å². The number of anilines is 2. The molecular weight excluding hydrogens is 370 g/mol. The van der Waals surface area contributed by atoms with Gasteiger partial charge in [0.05, 0.1) is 11.4 Å². The van der Waals surface area contributed by atoms with Crippen LogP contribution in [0.25, 0.3) is 0 Å². The zero-order valence-electron chi connectivity index (χ0n) is 15.9. The van der Waals surface area contributed by atoms with Gasteiger partial charge in [0.25, 0.3) is 0 Å². The first-order chi connectivity index (χ1) is 13.3. The number of carbonyl (C=O) groups excluding carboxylic acids is 3. The zero-order chi connectivity index (χ0) is 20.5. The summed E-state index contributed by atoms with van der Waals surface area (Å²) in [4.78, 5) is 35.0. The number of hydrogen-bond acceptors (Lipinski definition) is 3. The Labute approximate surface area is 162 Å². The number of halogens is 2. The fourth-order valence-electron chi connectivity index (χ4n) is 3.09. The number of amides is 4. The highest BCUT2D eigenvalue weighted by atomic mass is 19.2. The van der Waals surface area contributed by atoms with Crippen molar-refractivity contribution in [1.29, 1.82) is 0 Å². The van der Waals surface area contributed by atoms with Crippen LogP contribution in [0, 0.1) is 11.6 Å². The fraction of sp³-hybridized carbons (Fsp3) is 0.526. The van der Waals surface area contributed by atoms with Crippen LogP contribution in [0.4, 0.5) is 25.0 Å². The van der Waals surface area contributed by atoms with E-state index in [-0.39, 0.29) is 29.9 Å². The van der Waals surface area contributed by atoms with Crippen molar-refractivity contribution >= 4 is 29.2 Å². The van der Waals surface area contributed by atoms with Crippen LogP contribution in [0.5, 0.6) is 0 Å². The zero-order valence-corrected chi connectivity index (χ0v) is 15.9. The number of hydrogen-bond donors (Lipinski definition) is 4. The molecule has 4 N–H and O–H groups in total. The van der Waals surface area contributed by atoms with E-state index in [9.17, 15) is 23.2 Å². The lowest BCUT2D eigenvalue weighted by atomic mass is 9.96. The maximum Gasteiger partial charge on any atom is 0.315 e. The van der Waals surface area contributed by atoms with E-state index in [4.69, 9.17) is 0 Å². The molecule has 9 heteroatoms. The highest BCUT2D eigenvalue weighted by molar-refractivity contribution is 5.98. The smallest absolute Gasteiger partial charge is 0.315 e. The molecule has 1 aliphatic carbocycles. The van der Waals surface area contributed by atoms with Gasteiger partial charge in [-0.25, -0.2) is 13.6 Å². The second-order valence-corrected chi connectivity index (χ2v) is 6.88. The summed E-state index contributed by atoms with van der Waals surface area (Å²) >= 11 is 0. The Morgan fingerprint density at radius 3 is 2.21 bits per heavy atom. The van der Waals surface area contributed by atoms with Gasteiger partial charge in [-0.1, -0.05) is 19.3 Å². The summed E-state index contributed by atoms with van der Waals surface area (Å²) in [7, 11) is 0. The van der Waals surface area contributed by atoms with Crippen LogP contribution in [0.3, 0.4) is 0 Å². The number of urea groups is 1. The van der Waals surface area contributed by atoms with Crippen molar-refractivity contribution in [2.75, 3.05) is 17.2 Å². The second kappa shape index (κ2) is 10.6. The molecule has 0 radical (unpaired) electrons. The molecule has 1 fully saturated rings. The van der Waals surface area contributed by atoms with Crippen LogP contribution in [0.15, 0.2) is 12.1 Å². The molecule has 154 valence electrons. The van der Waals surface area contributed by atoms with Gasteiger partial charge < -0.3 is 21.3 Å². The highest BCUT2D eigenvalue weighted by Gasteiger charge is 2.16. The van der Waals surface area contributed by atoms with Gasteiger partial charge in [0, 0.05) is 38.1 Å². The Hall–Kier alpha value is -2.71. The van der Waals surface area contributed by atoms with Gasteiger partial charge in [0.1, 0.15) is 0 Å². The van der Waals surface area contributed by atoms with Crippen LogP contribution in [-0.4, -0.2) is 30.4 Å². The van der Waals surface area contributed by atoms with Gasteiger partial charge in [0.2, 0.25) is 11.8 Å². The number of carbonyl (C=O) groups is 3. The third-order valence-corrected chi connectivity index (χ3v) is 4.45. The summed E-state index contributed by atoms with van der Waals surface area (Å²) in [6, 6.07) is 1.58. The van der Waals surface area contributed by atoms with Crippen LogP contribution in [0.1, 0.15) is 51.9 Å². The van der Waals surface area contributed by atoms with Crippen molar-refractivity contribution in [1.82, 2.24) is 10.6 Å². The summed E-state index contributed by atoms with van der Waals surface area (Å²) < 4.78 is 26.8. The van der Waals surface area contributed by atoms with Gasteiger partial charge in [-0.15, -0.1) is 0 Å². The molecule has 0 bridgehead atoms. The van der Waals surface area contributed by atoms with Crippen molar-refractivity contribution in [3.05, 3.63) is 23.8 Å². The SMILES string of the molecule is CC(=O)Nc1cc(F)c(F)cc1NC(=O)CCCNC(=O)NC1CCCCC1. The molecule has 0 aliphatic heterocycles. The highest BCUT2D eigenvalue weighted by Crippen LogP contribution is 2.25. The second-order valence-electron chi connectivity index (χ2n) is 6.88. The number of benzene rings is 1. The van der Waals surface area contributed by atoms with E-state index in [1.165, 1.54) is 13.3 Å².